The number of carbonyl (C=O) groups excluding carboxylic acids is 1. The molecule has 1 aromatic rings. The van der Waals surface area contributed by atoms with Gasteiger partial charge in [-0.05, 0) is 6.07 Å². The standard InChI is InChI=1S/C11H15N3O3/c1-13-11(16)3-2-10(12-13)14-6-4-9(5-7-14)17-8-15/h2-3,8-9H,4-7H2,1H3. The van der Waals surface area contributed by atoms with E-state index in [-0.39, 0.29) is 11.7 Å². The van der Waals surface area contributed by atoms with Gasteiger partial charge in [0.2, 0.25) is 0 Å². The summed E-state index contributed by atoms with van der Waals surface area (Å²) in [7, 11) is 1.63. The van der Waals surface area contributed by atoms with Crippen LogP contribution in [-0.4, -0.2) is 35.4 Å². The first-order valence-electron chi connectivity index (χ1n) is 5.59. The normalized spacial score (nSPS) is 16.9. The highest BCUT2D eigenvalue weighted by atomic mass is 16.5. The molecule has 0 N–H and O–H groups in total. The van der Waals surface area contributed by atoms with Crippen molar-refractivity contribution in [2.24, 2.45) is 7.05 Å². The van der Waals surface area contributed by atoms with E-state index in [1.165, 1.54) is 10.7 Å². The maximum atomic E-state index is 11.2. The SMILES string of the molecule is Cn1nc(N2CCC(OC=O)CC2)ccc1=O. The molecule has 17 heavy (non-hydrogen) atoms. The molecule has 2 heterocycles. The molecule has 2 rings (SSSR count). The van der Waals surface area contributed by atoms with Gasteiger partial charge in [0.1, 0.15) is 11.9 Å². The molecule has 0 unspecified atom stereocenters. The molecule has 6 heteroatoms. The summed E-state index contributed by atoms with van der Waals surface area (Å²) in [6, 6.07) is 3.24. The van der Waals surface area contributed by atoms with Crippen LogP contribution in [-0.2, 0) is 16.6 Å². The van der Waals surface area contributed by atoms with Gasteiger partial charge in [-0.1, -0.05) is 0 Å². The van der Waals surface area contributed by atoms with Gasteiger partial charge in [0.25, 0.3) is 12.0 Å². The molecular weight excluding hydrogens is 222 g/mol. The largest absolute Gasteiger partial charge is 0.464 e. The lowest BCUT2D eigenvalue weighted by Gasteiger charge is -2.31. The summed E-state index contributed by atoms with van der Waals surface area (Å²) >= 11 is 0. The van der Waals surface area contributed by atoms with Gasteiger partial charge in [0, 0.05) is 39.0 Å². The van der Waals surface area contributed by atoms with Crippen LogP contribution in [0.3, 0.4) is 0 Å². The van der Waals surface area contributed by atoms with E-state index in [4.69, 9.17) is 4.74 Å². The van der Waals surface area contributed by atoms with Crippen molar-refractivity contribution in [1.29, 1.82) is 0 Å². The molecule has 1 aliphatic heterocycles. The number of rotatable bonds is 3. The fourth-order valence-corrected chi connectivity index (χ4v) is 1.96. The van der Waals surface area contributed by atoms with Gasteiger partial charge >= 0.3 is 0 Å². The third kappa shape index (κ3) is 2.64. The van der Waals surface area contributed by atoms with E-state index in [0.717, 1.165) is 31.7 Å². The fraction of sp³-hybridized carbons (Fsp3) is 0.545. The first kappa shape index (κ1) is 11.6. The van der Waals surface area contributed by atoms with Crippen LogP contribution in [0, 0.1) is 0 Å². The Morgan fingerprint density at radius 3 is 2.71 bits per heavy atom. The molecule has 0 aliphatic carbocycles. The number of carbonyl (C=O) groups is 1. The molecule has 1 fully saturated rings. The molecule has 6 nitrogen and oxygen atoms in total. The van der Waals surface area contributed by atoms with Crippen LogP contribution in [0.4, 0.5) is 5.82 Å². The van der Waals surface area contributed by atoms with Crippen molar-refractivity contribution in [3.63, 3.8) is 0 Å². The van der Waals surface area contributed by atoms with E-state index in [1.807, 2.05) is 0 Å². The van der Waals surface area contributed by atoms with Gasteiger partial charge in [0.15, 0.2) is 0 Å². The Hall–Kier alpha value is -1.85. The molecule has 0 spiro atoms. The Balaban J connectivity index is 2.02. The van der Waals surface area contributed by atoms with Crippen molar-refractivity contribution in [1.82, 2.24) is 9.78 Å². The zero-order chi connectivity index (χ0) is 12.3. The van der Waals surface area contributed by atoms with Crippen LogP contribution in [0.25, 0.3) is 0 Å². The predicted octanol–water partition coefficient (Wildman–Crippen LogP) is -0.0779. The zero-order valence-corrected chi connectivity index (χ0v) is 9.70. The van der Waals surface area contributed by atoms with E-state index in [1.54, 1.807) is 13.1 Å². The van der Waals surface area contributed by atoms with Crippen molar-refractivity contribution in [2.45, 2.75) is 18.9 Å². The second kappa shape index (κ2) is 4.99. The number of anilines is 1. The number of piperidine rings is 1. The van der Waals surface area contributed by atoms with Crippen molar-refractivity contribution < 1.29 is 9.53 Å². The van der Waals surface area contributed by atoms with Gasteiger partial charge < -0.3 is 9.64 Å². The number of ether oxygens (including phenoxy) is 1. The second-order valence-corrected chi connectivity index (χ2v) is 4.07. The number of nitrogens with zero attached hydrogens (tertiary/aromatic N) is 3. The molecule has 92 valence electrons. The van der Waals surface area contributed by atoms with Gasteiger partial charge in [-0.15, -0.1) is 0 Å². The van der Waals surface area contributed by atoms with Crippen molar-refractivity contribution in [3.8, 4) is 0 Å². The Labute approximate surface area is 98.8 Å². The summed E-state index contributed by atoms with van der Waals surface area (Å²) in [5, 5.41) is 4.19. The van der Waals surface area contributed by atoms with E-state index in [9.17, 15) is 9.59 Å². The van der Waals surface area contributed by atoms with E-state index < -0.39 is 0 Å². The van der Waals surface area contributed by atoms with Crippen LogP contribution >= 0.6 is 0 Å². The first-order chi connectivity index (χ1) is 8.20. The predicted molar refractivity (Wildman–Crippen MR) is 61.9 cm³/mol. The van der Waals surface area contributed by atoms with E-state index in [0.29, 0.717) is 6.47 Å². The molecule has 0 aromatic carbocycles. The highest BCUT2D eigenvalue weighted by Gasteiger charge is 2.21. The Bertz CT molecular complexity index is 450. The molecular formula is C11H15N3O3. The molecule has 1 aliphatic rings. The summed E-state index contributed by atoms with van der Waals surface area (Å²) < 4.78 is 6.25. The minimum Gasteiger partial charge on any atom is -0.464 e. The van der Waals surface area contributed by atoms with Crippen LogP contribution in [0.15, 0.2) is 16.9 Å². The first-order valence-corrected chi connectivity index (χ1v) is 5.59. The number of hydrogen-bond donors (Lipinski definition) is 0. The second-order valence-electron chi connectivity index (χ2n) is 4.07. The number of hydrogen-bond acceptors (Lipinski definition) is 5. The van der Waals surface area contributed by atoms with Crippen molar-refractivity contribution in [3.05, 3.63) is 22.5 Å². The summed E-state index contributed by atoms with van der Waals surface area (Å²) in [5.41, 5.74) is -0.118. The van der Waals surface area contributed by atoms with Crippen molar-refractivity contribution >= 4 is 12.3 Å². The maximum Gasteiger partial charge on any atom is 0.293 e. The van der Waals surface area contributed by atoms with Crippen LogP contribution in [0.1, 0.15) is 12.8 Å². The third-order valence-electron chi connectivity index (χ3n) is 2.96. The Morgan fingerprint density at radius 1 is 1.41 bits per heavy atom. The van der Waals surface area contributed by atoms with Crippen LogP contribution in [0.2, 0.25) is 0 Å². The molecule has 1 aromatic heterocycles. The molecule has 0 atom stereocenters. The topological polar surface area (TPSA) is 64.4 Å². The average molecular weight is 237 g/mol. The quantitative estimate of drug-likeness (QED) is 0.688. The summed E-state index contributed by atoms with van der Waals surface area (Å²) in [6.45, 7) is 2.07. The van der Waals surface area contributed by atoms with Crippen LogP contribution in [0.5, 0.6) is 0 Å². The minimum absolute atomic E-state index is 0.0104. The molecule has 1 saturated heterocycles. The highest BCUT2D eigenvalue weighted by molar-refractivity contribution is 5.39. The maximum absolute atomic E-state index is 11.2. The minimum atomic E-state index is -0.118. The lowest BCUT2D eigenvalue weighted by Crippen LogP contribution is -2.38. The molecule has 0 radical (unpaired) electrons. The zero-order valence-electron chi connectivity index (χ0n) is 9.70. The average Bonchev–Trinajstić information content (AvgIpc) is 2.34. The number of aromatic nitrogens is 2. The Kier molecular flexibility index (Phi) is 3.41. The smallest absolute Gasteiger partial charge is 0.293 e. The summed E-state index contributed by atoms with van der Waals surface area (Å²) in [6.07, 6.45) is 1.60. The van der Waals surface area contributed by atoms with Gasteiger partial charge in [-0.3, -0.25) is 9.59 Å². The highest BCUT2D eigenvalue weighted by Crippen LogP contribution is 2.17. The third-order valence-corrected chi connectivity index (χ3v) is 2.96. The molecule has 0 bridgehead atoms. The van der Waals surface area contributed by atoms with Crippen LogP contribution < -0.4 is 10.5 Å². The summed E-state index contributed by atoms with van der Waals surface area (Å²) in [5.74, 6) is 0.789. The Morgan fingerprint density at radius 2 is 2.12 bits per heavy atom. The van der Waals surface area contributed by atoms with Gasteiger partial charge in [-0.25, -0.2) is 4.68 Å². The van der Waals surface area contributed by atoms with E-state index >= 15 is 0 Å². The lowest BCUT2D eigenvalue weighted by molar-refractivity contribution is -0.134. The van der Waals surface area contributed by atoms with E-state index in [2.05, 4.69) is 10.00 Å². The summed E-state index contributed by atoms with van der Waals surface area (Å²) in [4.78, 5) is 23.5. The number of aryl methyl sites for hydroxylation is 1. The van der Waals surface area contributed by atoms with Gasteiger partial charge in [0.05, 0.1) is 0 Å². The fourth-order valence-electron chi connectivity index (χ4n) is 1.96. The monoisotopic (exact) mass is 237 g/mol. The lowest BCUT2D eigenvalue weighted by atomic mass is 10.1. The van der Waals surface area contributed by atoms with Crippen molar-refractivity contribution in [2.75, 3.05) is 18.0 Å². The molecule has 0 saturated carbocycles. The molecule has 0 amide bonds. The van der Waals surface area contributed by atoms with Gasteiger partial charge in [-0.2, -0.15) is 5.10 Å².